The average Bonchev–Trinajstić information content (AvgIpc) is 2.65. The number of sulfone groups is 1. The number of benzene rings is 1. The van der Waals surface area contributed by atoms with E-state index >= 15 is 0 Å². The first kappa shape index (κ1) is 17.0. The average molecular weight is 374 g/mol. The van der Waals surface area contributed by atoms with Crippen LogP contribution in [-0.4, -0.2) is 56.9 Å². The molecule has 1 aliphatic heterocycles. The monoisotopic (exact) mass is 373 g/mol. The summed E-state index contributed by atoms with van der Waals surface area (Å²) in [5.74, 6) is -0.857. The highest BCUT2D eigenvalue weighted by molar-refractivity contribution is 7.92. The first-order chi connectivity index (χ1) is 9.54. The van der Waals surface area contributed by atoms with Crippen LogP contribution in [0.4, 0.5) is 0 Å². The van der Waals surface area contributed by atoms with Crippen LogP contribution in [0.3, 0.4) is 0 Å². The first-order valence-electron chi connectivity index (χ1n) is 5.86. The topological polar surface area (TPSA) is 91.8 Å². The fourth-order valence-electron chi connectivity index (χ4n) is 2.14. The summed E-state index contributed by atoms with van der Waals surface area (Å²) in [4.78, 5) is -0.115. The molecule has 0 amide bonds. The number of hydrogen-bond donors (Lipinski definition) is 1. The molecule has 1 saturated heterocycles. The smallest absolute Gasteiger partial charge is 0.243 e. The highest BCUT2D eigenvalue weighted by atomic mass is 35.5. The van der Waals surface area contributed by atoms with Gasteiger partial charge in [0.2, 0.25) is 10.0 Å². The summed E-state index contributed by atoms with van der Waals surface area (Å²) in [5, 5.41) is 10.1. The molecule has 0 bridgehead atoms. The standard InChI is InChI=1S/C11H13Cl2NO5S2/c1-14(10-5-20(16,17)6-11(10)15)21(18,19)7-2-3-8(12)9(13)4-7/h2-4,10-11,15H,5-6H2,1H3/t10-,11+/m1/s1. The Hall–Kier alpha value is -0.380. The molecule has 0 spiro atoms. The van der Waals surface area contributed by atoms with E-state index in [1.807, 2.05) is 0 Å². The molecule has 10 heteroatoms. The maximum absolute atomic E-state index is 12.5. The van der Waals surface area contributed by atoms with Gasteiger partial charge in [0, 0.05) is 7.05 Å². The molecule has 1 N–H and O–H groups in total. The summed E-state index contributed by atoms with van der Waals surface area (Å²) in [7, 11) is -6.20. The Balaban J connectivity index is 2.37. The second-order valence-electron chi connectivity index (χ2n) is 4.81. The van der Waals surface area contributed by atoms with Crippen LogP contribution in [0, 0.1) is 0 Å². The quantitative estimate of drug-likeness (QED) is 0.844. The molecule has 1 fully saturated rings. The van der Waals surface area contributed by atoms with Crippen molar-refractivity contribution in [1.82, 2.24) is 4.31 Å². The lowest BCUT2D eigenvalue weighted by molar-refractivity contribution is 0.137. The third-order valence-electron chi connectivity index (χ3n) is 3.33. The number of hydrogen-bond acceptors (Lipinski definition) is 5. The van der Waals surface area contributed by atoms with Crippen molar-refractivity contribution in [2.75, 3.05) is 18.6 Å². The van der Waals surface area contributed by atoms with Crippen molar-refractivity contribution in [3.63, 3.8) is 0 Å². The van der Waals surface area contributed by atoms with Crippen molar-refractivity contribution in [3.8, 4) is 0 Å². The van der Waals surface area contributed by atoms with Gasteiger partial charge in [-0.15, -0.1) is 0 Å². The molecule has 1 heterocycles. The zero-order chi connectivity index (χ0) is 16.0. The zero-order valence-corrected chi connectivity index (χ0v) is 14.0. The van der Waals surface area contributed by atoms with E-state index in [2.05, 4.69) is 0 Å². The first-order valence-corrected chi connectivity index (χ1v) is 9.88. The molecule has 0 saturated carbocycles. The molecule has 2 rings (SSSR count). The van der Waals surface area contributed by atoms with Gasteiger partial charge >= 0.3 is 0 Å². The molecule has 21 heavy (non-hydrogen) atoms. The van der Waals surface area contributed by atoms with Gasteiger partial charge in [-0.3, -0.25) is 0 Å². The molecule has 1 aliphatic rings. The van der Waals surface area contributed by atoms with Crippen molar-refractivity contribution in [2.45, 2.75) is 17.0 Å². The maximum atomic E-state index is 12.5. The van der Waals surface area contributed by atoms with Crippen molar-refractivity contribution in [2.24, 2.45) is 0 Å². The minimum atomic E-state index is -3.98. The van der Waals surface area contributed by atoms with Gasteiger partial charge in [-0.1, -0.05) is 23.2 Å². The SMILES string of the molecule is CN([C@@H]1CS(=O)(=O)C[C@@H]1O)S(=O)(=O)c1ccc(Cl)c(Cl)c1. The Labute approximate surface area is 133 Å². The number of sulfonamides is 1. The molecule has 2 atom stereocenters. The van der Waals surface area contributed by atoms with Crippen LogP contribution in [0.15, 0.2) is 23.1 Å². The van der Waals surface area contributed by atoms with E-state index in [0.717, 1.165) is 4.31 Å². The van der Waals surface area contributed by atoms with E-state index in [9.17, 15) is 21.9 Å². The minimum Gasteiger partial charge on any atom is -0.390 e. The van der Waals surface area contributed by atoms with Gasteiger partial charge in [0.05, 0.1) is 38.6 Å². The van der Waals surface area contributed by atoms with Gasteiger partial charge in [-0.25, -0.2) is 16.8 Å². The lowest BCUT2D eigenvalue weighted by atomic mass is 10.2. The third kappa shape index (κ3) is 3.35. The van der Waals surface area contributed by atoms with Crippen LogP contribution in [-0.2, 0) is 19.9 Å². The molecule has 118 valence electrons. The summed E-state index contributed by atoms with van der Waals surface area (Å²) < 4.78 is 48.8. The Bertz CT molecular complexity index is 763. The van der Waals surface area contributed by atoms with Gasteiger partial charge in [-0.2, -0.15) is 4.31 Å². The minimum absolute atomic E-state index is 0.0748. The van der Waals surface area contributed by atoms with Gasteiger partial charge in [-0.05, 0) is 18.2 Å². The predicted octanol–water partition coefficient (Wildman–Crippen LogP) is 0.772. The highest BCUT2D eigenvalue weighted by Gasteiger charge is 2.43. The molecule has 0 unspecified atom stereocenters. The van der Waals surface area contributed by atoms with Crippen LogP contribution in [0.2, 0.25) is 10.0 Å². The van der Waals surface area contributed by atoms with E-state index in [4.69, 9.17) is 23.2 Å². The van der Waals surface area contributed by atoms with Crippen LogP contribution in [0.25, 0.3) is 0 Å². The van der Waals surface area contributed by atoms with E-state index in [0.29, 0.717) is 0 Å². The molecule has 6 nitrogen and oxygen atoms in total. The zero-order valence-electron chi connectivity index (χ0n) is 10.9. The fraction of sp³-hybridized carbons (Fsp3) is 0.455. The van der Waals surface area contributed by atoms with Crippen molar-refractivity contribution >= 4 is 43.1 Å². The predicted molar refractivity (Wildman–Crippen MR) is 79.9 cm³/mol. The van der Waals surface area contributed by atoms with Crippen molar-refractivity contribution in [1.29, 1.82) is 0 Å². The molecule has 0 aliphatic carbocycles. The van der Waals surface area contributed by atoms with Gasteiger partial charge in [0.25, 0.3) is 0 Å². The summed E-state index contributed by atoms with van der Waals surface area (Å²) in [6.07, 6.45) is -1.25. The van der Waals surface area contributed by atoms with Crippen LogP contribution >= 0.6 is 23.2 Å². The summed E-state index contributed by atoms with van der Waals surface area (Å²) in [6, 6.07) is 2.78. The van der Waals surface area contributed by atoms with E-state index in [1.165, 1.54) is 25.2 Å². The maximum Gasteiger partial charge on any atom is 0.243 e. The number of nitrogens with zero attached hydrogens (tertiary/aromatic N) is 1. The molecule has 1 aromatic rings. The molecule has 0 radical (unpaired) electrons. The van der Waals surface area contributed by atoms with Crippen LogP contribution in [0.5, 0.6) is 0 Å². The fourth-order valence-corrected chi connectivity index (χ4v) is 5.85. The molecular formula is C11H13Cl2NO5S2. The highest BCUT2D eigenvalue weighted by Crippen LogP contribution is 2.28. The van der Waals surface area contributed by atoms with Gasteiger partial charge in [0.1, 0.15) is 0 Å². The Morgan fingerprint density at radius 3 is 2.33 bits per heavy atom. The third-order valence-corrected chi connectivity index (χ3v) is 7.65. The number of aliphatic hydroxyl groups excluding tert-OH is 1. The normalized spacial score (nSPS) is 25.4. The van der Waals surface area contributed by atoms with Gasteiger partial charge in [0.15, 0.2) is 9.84 Å². The number of rotatable bonds is 3. The largest absolute Gasteiger partial charge is 0.390 e. The Morgan fingerprint density at radius 2 is 1.86 bits per heavy atom. The van der Waals surface area contributed by atoms with E-state index in [-0.39, 0.29) is 14.9 Å². The van der Waals surface area contributed by atoms with Crippen molar-refractivity contribution in [3.05, 3.63) is 28.2 Å². The summed E-state index contributed by atoms with van der Waals surface area (Å²) in [6.45, 7) is 0. The summed E-state index contributed by atoms with van der Waals surface area (Å²) in [5.41, 5.74) is 0. The molecule has 1 aromatic carbocycles. The van der Waals surface area contributed by atoms with E-state index in [1.54, 1.807) is 0 Å². The number of aliphatic hydroxyl groups is 1. The Morgan fingerprint density at radius 1 is 1.24 bits per heavy atom. The van der Waals surface area contributed by atoms with E-state index < -0.39 is 43.5 Å². The van der Waals surface area contributed by atoms with Crippen molar-refractivity contribution < 1.29 is 21.9 Å². The Kier molecular flexibility index (Phi) is 4.59. The van der Waals surface area contributed by atoms with Crippen LogP contribution in [0.1, 0.15) is 0 Å². The second-order valence-corrected chi connectivity index (χ2v) is 9.77. The molecular weight excluding hydrogens is 361 g/mol. The summed E-state index contributed by atoms with van der Waals surface area (Å²) >= 11 is 11.5. The number of likely N-dealkylation sites (N-methyl/N-ethyl adjacent to an activating group) is 1. The second kappa shape index (κ2) is 5.68. The number of halogens is 2. The van der Waals surface area contributed by atoms with Gasteiger partial charge < -0.3 is 5.11 Å². The van der Waals surface area contributed by atoms with Crippen LogP contribution < -0.4 is 0 Å². The molecule has 0 aromatic heterocycles. The lowest BCUT2D eigenvalue weighted by Gasteiger charge is -2.25. The lowest BCUT2D eigenvalue weighted by Crippen LogP contribution is -2.44.